The summed E-state index contributed by atoms with van der Waals surface area (Å²) in [5, 5.41) is 2.86. The Morgan fingerprint density at radius 1 is 0.920 bits per heavy atom. The number of halogens is 1. The second-order valence-electron chi connectivity index (χ2n) is 6.37. The molecule has 1 heterocycles. The van der Waals surface area contributed by atoms with Gasteiger partial charge in [-0.1, -0.05) is 55.3 Å². The van der Waals surface area contributed by atoms with Gasteiger partial charge in [0.2, 0.25) is 0 Å². The van der Waals surface area contributed by atoms with E-state index in [2.05, 4.69) is 19.2 Å². The van der Waals surface area contributed by atoms with Gasteiger partial charge in [-0.2, -0.15) is 0 Å². The number of nitrogens with zero attached hydrogens (tertiary/aromatic N) is 1. The van der Waals surface area contributed by atoms with Gasteiger partial charge >= 0.3 is 0 Å². The van der Waals surface area contributed by atoms with Crippen molar-refractivity contribution < 1.29 is 9.59 Å². The molecule has 1 N–H and O–H groups in total. The maximum absolute atomic E-state index is 12.7. The van der Waals surface area contributed by atoms with Crippen LogP contribution in [0.3, 0.4) is 0 Å². The highest BCUT2D eigenvalue weighted by Crippen LogP contribution is 2.31. The van der Waals surface area contributed by atoms with E-state index in [-0.39, 0.29) is 10.7 Å². The van der Waals surface area contributed by atoms with Gasteiger partial charge in [-0.25, -0.2) is 4.90 Å². The van der Waals surface area contributed by atoms with Crippen LogP contribution < -0.4 is 10.2 Å². The Balaban J connectivity index is 1.86. The number of anilines is 2. The topological polar surface area (TPSA) is 49.4 Å². The molecule has 1 aliphatic heterocycles. The quantitative estimate of drug-likeness (QED) is 0.819. The Labute approximate surface area is 152 Å². The summed E-state index contributed by atoms with van der Waals surface area (Å²) >= 11 is 6.14. The Morgan fingerprint density at radius 2 is 1.52 bits per heavy atom. The van der Waals surface area contributed by atoms with E-state index in [9.17, 15) is 9.59 Å². The number of carbonyl (C=O) groups excluding carboxylic acids is 2. The van der Waals surface area contributed by atoms with Gasteiger partial charge in [0, 0.05) is 5.69 Å². The highest BCUT2D eigenvalue weighted by atomic mass is 35.5. The number of aryl methyl sites for hydroxylation is 1. The minimum Gasteiger partial charge on any atom is -0.350 e. The van der Waals surface area contributed by atoms with Crippen LogP contribution in [0.25, 0.3) is 0 Å². The summed E-state index contributed by atoms with van der Waals surface area (Å²) in [5.41, 5.74) is 3.56. The van der Waals surface area contributed by atoms with Crippen molar-refractivity contribution in [3.63, 3.8) is 0 Å². The van der Waals surface area contributed by atoms with Crippen LogP contribution in [0.1, 0.15) is 30.9 Å². The van der Waals surface area contributed by atoms with Crippen molar-refractivity contribution in [1.82, 2.24) is 0 Å². The maximum Gasteiger partial charge on any atom is 0.283 e. The Kier molecular flexibility index (Phi) is 4.64. The summed E-state index contributed by atoms with van der Waals surface area (Å²) < 4.78 is 0. The van der Waals surface area contributed by atoms with E-state index >= 15 is 0 Å². The SMILES string of the molecule is Cc1ccc(NC2=C(Cl)C(=O)N(c3ccc(C(C)C)cc3)C2=O)cc1. The zero-order chi connectivity index (χ0) is 18.1. The predicted molar refractivity (Wildman–Crippen MR) is 101 cm³/mol. The normalized spacial score (nSPS) is 14.7. The molecule has 25 heavy (non-hydrogen) atoms. The van der Waals surface area contributed by atoms with E-state index in [4.69, 9.17) is 11.6 Å². The molecule has 0 saturated heterocycles. The summed E-state index contributed by atoms with van der Waals surface area (Å²) in [7, 11) is 0. The molecule has 0 saturated carbocycles. The molecule has 0 unspecified atom stereocenters. The first-order chi connectivity index (χ1) is 11.9. The van der Waals surface area contributed by atoms with Crippen molar-refractivity contribution in [1.29, 1.82) is 0 Å². The van der Waals surface area contributed by atoms with Gasteiger partial charge in [0.1, 0.15) is 10.7 Å². The first kappa shape index (κ1) is 17.2. The highest BCUT2D eigenvalue weighted by molar-refractivity contribution is 6.53. The Hall–Kier alpha value is -2.59. The molecule has 0 radical (unpaired) electrons. The Bertz CT molecular complexity index is 852. The van der Waals surface area contributed by atoms with Gasteiger partial charge in [-0.05, 0) is 42.7 Å². The second-order valence-corrected chi connectivity index (χ2v) is 6.75. The number of rotatable bonds is 4. The Morgan fingerprint density at radius 3 is 2.08 bits per heavy atom. The van der Waals surface area contributed by atoms with E-state index < -0.39 is 11.8 Å². The average Bonchev–Trinajstić information content (AvgIpc) is 2.80. The molecule has 0 aromatic heterocycles. The van der Waals surface area contributed by atoms with Gasteiger partial charge in [0.25, 0.3) is 11.8 Å². The number of hydrogen-bond acceptors (Lipinski definition) is 3. The number of nitrogens with one attached hydrogen (secondary N) is 1. The van der Waals surface area contributed by atoms with Crippen LogP contribution in [0.15, 0.2) is 59.3 Å². The second kappa shape index (κ2) is 6.73. The molecule has 0 bridgehead atoms. The van der Waals surface area contributed by atoms with Crippen molar-refractivity contribution in [3.05, 3.63) is 70.4 Å². The van der Waals surface area contributed by atoms with Crippen LogP contribution in [-0.4, -0.2) is 11.8 Å². The lowest BCUT2D eigenvalue weighted by Crippen LogP contribution is -2.32. The third-order valence-electron chi connectivity index (χ3n) is 4.17. The number of hydrogen-bond donors (Lipinski definition) is 1. The smallest absolute Gasteiger partial charge is 0.283 e. The number of amides is 2. The van der Waals surface area contributed by atoms with Crippen molar-refractivity contribution in [3.8, 4) is 0 Å². The summed E-state index contributed by atoms with van der Waals surface area (Å²) in [5.74, 6) is -0.592. The predicted octanol–water partition coefficient (Wildman–Crippen LogP) is 4.55. The minimum atomic E-state index is -0.515. The lowest BCUT2D eigenvalue weighted by Gasteiger charge is -2.16. The molecule has 2 aromatic rings. The average molecular weight is 355 g/mol. The zero-order valence-electron chi connectivity index (χ0n) is 14.3. The minimum absolute atomic E-state index is 0.0986. The largest absolute Gasteiger partial charge is 0.350 e. The summed E-state index contributed by atoms with van der Waals surface area (Å²) in [4.78, 5) is 26.3. The maximum atomic E-state index is 12.7. The molecule has 128 valence electrons. The van der Waals surface area contributed by atoms with Crippen LogP contribution in [0.5, 0.6) is 0 Å². The van der Waals surface area contributed by atoms with Gasteiger partial charge in [-0.3, -0.25) is 9.59 Å². The van der Waals surface area contributed by atoms with Gasteiger partial charge < -0.3 is 5.32 Å². The van der Waals surface area contributed by atoms with Gasteiger partial charge in [-0.15, -0.1) is 0 Å². The standard InChI is InChI=1S/C20H19ClN2O2/c1-12(2)14-6-10-16(11-7-14)23-19(24)17(21)18(20(23)25)22-15-8-4-13(3)5-9-15/h4-12,22H,1-3H3. The van der Waals surface area contributed by atoms with Crippen LogP contribution in [0, 0.1) is 6.92 Å². The summed E-state index contributed by atoms with van der Waals surface area (Å²) in [6.45, 7) is 6.15. The molecule has 2 amide bonds. The fourth-order valence-electron chi connectivity index (χ4n) is 2.64. The summed E-state index contributed by atoms with van der Waals surface area (Å²) in [6, 6.07) is 14.9. The van der Waals surface area contributed by atoms with Crippen LogP contribution in [0.4, 0.5) is 11.4 Å². The first-order valence-electron chi connectivity index (χ1n) is 8.10. The van der Waals surface area contributed by atoms with E-state index in [1.807, 2.05) is 43.3 Å². The van der Waals surface area contributed by atoms with Crippen LogP contribution in [0.2, 0.25) is 0 Å². The molecule has 3 rings (SSSR count). The molecular weight excluding hydrogens is 336 g/mol. The third-order valence-corrected chi connectivity index (χ3v) is 4.52. The number of carbonyl (C=O) groups is 2. The molecular formula is C20H19ClN2O2. The molecule has 5 heteroatoms. The number of benzene rings is 2. The van der Waals surface area contributed by atoms with Crippen molar-refractivity contribution in [2.45, 2.75) is 26.7 Å². The third kappa shape index (κ3) is 3.30. The van der Waals surface area contributed by atoms with Crippen LogP contribution >= 0.6 is 11.6 Å². The van der Waals surface area contributed by atoms with Gasteiger partial charge in [0.05, 0.1) is 5.69 Å². The van der Waals surface area contributed by atoms with Crippen LogP contribution in [-0.2, 0) is 9.59 Å². The lowest BCUT2D eigenvalue weighted by atomic mass is 10.0. The van der Waals surface area contributed by atoms with E-state index in [1.165, 1.54) is 0 Å². The number of imide groups is 1. The molecule has 0 aliphatic carbocycles. The summed E-state index contributed by atoms with van der Waals surface area (Å²) in [6.07, 6.45) is 0. The van der Waals surface area contributed by atoms with Crippen molar-refractivity contribution >= 4 is 34.8 Å². The van der Waals surface area contributed by atoms with E-state index in [0.717, 1.165) is 16.0 Å². The fraction of sp³-hybridized carbons (Fsp3) is 0.200. The van der Waals surface area contributed by atoms with E-state index in [0.29, 0.717) is 17.3 Å². The molecule has 2 aromatic carbocycles. The monoisotopic (exact) mass is 354 g/mol. The van der Waals surface area contributed by atoms with E-state index in [1.54, 1.807) is 12.1 Å². The molecule has 0 atom stereocenters. The molecule has 1 aliphatic rings. The molecule has 4 nitrogen and oxygen atoms in total. The fourth-order valence-corrected chi connectivity index (χ4v) is 2.85. The van der Waals surface area contributed by atoms with Gasteiger partial charge in [0.15, 0.2) is 0 Å². The zero-order valence-corrected chi connectivity index (χ0v) is 15.1. The lowest BCUT2D eigenvalue weighted by molar-refractivity contribution is -0.120. The first-order valence-corrected chi connectivity index (χ1v) is 8.48. The van der Waals surface area contributed by atoms with Crippen molar-refractivity contribution in [2.75, 3.05) is 10.2 Å². The molecule has 0 fully saturated rings. The van der Waals surface area contributed by atoms with Crippen molar-refractivity contribution in [2.24, 2.45) is 0 Å². The molecule has 0 spiro atoms. The highest BCUT2D eigenvalue weighted by Gasteiger charge is 2.38.